The summed E-state index contributed by atoms with van der Waals surface area (Å²) in [5.41, 5.74) is 5.95. The van der Waals surface area contributed by atoms with Crippen LogP contribution < -0.4 is 10.5 Å². The topological polar surface area (TPSA) is 98.5 Å². The van der Waals surface area contributed by atoms with E-state index < -0.39 is 16.0 Å². The maximum atomic E-state index is 12.4. The van der Waals surface area contributed by atoms with E-state index >= 15 is 0 Å². The summed E-state index contributed by atoms with van der Waals surface area (Å²) in [6.45, 7) is 0. The summed E-state index contributed by atoms with van der Waals surface area (Å²) in [5, 5.41) is 1.56. The molecule has 0 saturated heterocycles. The molecule has 20 heavy (non-hydrogen) atoms. The van der Waals surface area contributed by atoms with Crippen LogP contribution in [0.3, 0.4) is 0 Å². The molecule has 0 radical (unpaired) electrons. The summed E-state index contributed by atoms with van der Waals surface area (Å²) in [6, 6.07) is 0.950. The number of ether oxygens (including phenoxy) is 1. The van der Waals surface area contributed by atoms with Gasteiger partial charge in [0, 0.05) is 12.1 Å². The van der Waals surface area contributed by atoms with Gasteiger partial charge in [-0.1, -0.05) is 12.8 Å². The van der Waals surface area contributed by atoms with Crippen LogP contribution in [-0.4, -0.2) is 33.6 Å². The first-order chi connectivity index (χ1) is 9.45. The molecule has 2 atom stereocenters. The van der Waals surface area contributed by atoms with Gasteiger partial charge in [-0.2, -0.15) is 0 Å². The first kappa shape index (κ1) is 15.4. The molecule has 0 bridgehead atoms. The lowest BCUT2D eigenvalue weighted by atomic mass is 9.92. The Morgan fingerprint density at radius 3 is 2.80 bits per heavy atom. The fraction of sp³-hybridized carbons (Fsp3) is 0.583. The van der Waals surface area contributed by atoms with Gasteiger partial charge in [-0.3, -0.25) is 0 Å². The summed E-state index contributed by atoms with van der Waals surface area (Å²) >= 11 is 1.05. The van der Waals surface area contributed by atoms with Crippen LogP contribution in [0.15, 0.2) is 16.3 Å². The Bertz CT molecular complexity index is 582. The van der Waals surface area contributed by atoms with Crippen molar-refractivity contribution in [2.75, 3.05) is 7.11 Å². The lowest BCUT2D eigenvalue weighted by molar-refractivity contribution is 0.0602. The number of nitrogens with one attached hydrogen (secondary N) is 1. The summed E-state index contributed by atoms with van der Waals surface area (Å²) in [5.74, 6) is -0.645. The van der Waals surface area contributed by atoms with E-state index in [1.165, 1.54) is 13.2 Å². The molecule has 0 unspecified atom stereocenters. The van der Waals surface area contributed by atoms with E-state index in [1.54, 1.807) is 5.38 Å². The average Bonchev–Trinajstić information content (AvgIpc) is 2.90. The van der Waals surface area contributed by atoms with E-state index in [9.17, 15) is 13.2 Å². The van der Waals surface area contributed by atoms with Crippen LogP contribution in [-0.2, 0) is 14.8 Å². The molecule has 0 spiro atoms. The SMILES string of the molecule is COC(=O)c1sccc1S(=O)(=O)N[C@@H]1CCCC[C@H]1N. The number of methoxy groups -OCH3 is 1. The van der Waals surface area contributed by atoms with Crippen LogP contribution in [0, 0.1) is 0 Å². The van der Waals surface area contributed by atoms with Gasteiger partial charge in [-0.05, 0) is 24.3 Å². The number of nitrogens with two attached hydrogens (primary N) is 1. The maximum Gasteiger partial charge on any atom is 0.349 e. The predicted octanol–water partition coefficient (Wildman–Crippen LogP) is 1.08. The van der Waals surface area contributed by atoms with Gasteiger partial charge in [0.15, 0.2) is 0 Å². The molecule has 112 valence electrons. The van der Waals surface area contributed by atoms with Crippen molar-refractivity contribution < 1.29 is 17.9 Å². The Balaban J connectivity index is 2.22. The normalized spacial score (nSPS) is 23.5. The largest absolute Gasteiger partial charge is 0.465 e. The van der Waals surface area contributed by atoms with Gasteiger partial charge < -0.3 is 10.5 Å². The van der Waals surface area contributed by atoms with Crippen LogP contribution in [0.1, 0.15) is 35.4 Å². The predicted molar refractivity (Wildman–Crippen MR) is 76.2 cm³/mol. The van der Waals surface area contributed by atoms with Crippen molar-refractivity contribution in [1.29, 1.82) is 0 Å². The average molecular weight is 318 g/mol. The number of carbonyl (C=O) groups is 1. The number of hydrogen-bond donors (Lipinski definition) is 2. The molecule has 1 heterocycles. The lowest BCUT2D eigenvalue weighted by Gasteiger charge is -2.28. The van der Waals surface area contributed by atoms with E-state index in [0.717, 1.165) is 37.0 Å². The number of thiophene rings is 1. The number of rotatable bonds is 4. The van der Waals surface area contributed by atoms with E-state index in [-0.39, 0.29) is 21.9 Å². The van der Waals surface area contributed by atoms with Crippen LogP contribution in [0.5, 0.6) is 0 Å². The number of esters is 1. The number of carbonyl (C=O) groups excluding carboxylic acids is 1. The standard InChI is InChI=1S/C12H18N2O4S2/c1-18-12(15)11-10(6-7-19-11)20(16,17)14-9-5-3-2-4-8(9)13/h6-9,14H,2-5,13H2,1H3/t8-,9-/m1/s1. The zero-order valence-corrected chi connectivity index (χ0v) is 12.8. The molecule has 1 aromatic heterocycles. The third kappa shape index (κ3) is 3.20. The molecule has 6 nitrogen and oxygen atoms in total. The maximum absolute atomic E-state index is 12.4. The van der Waals surface area contributed by atoms with Crippen LogP contribution in [0.4, 0.5) is 0 Å². The second kappa shape index (κ2) is 6.21. The van der Waals surface area contributed by atoms with Crippen molar-refractivity contribution in [2.24, 2.45) is 5.73 Å². The molecule has 8 heteroatoms. The Morgan fingerprint density at radius 1 is 1.45 bits per heavy atom. The van der Waals surface area contributed by atoms with E-state index in [4.69, 9.17) is 5.73 Å². The monoisotopic (exact) mass is 318 g/mol. The van der Waals surface area contributed by atoms with Gasteiger partial charge in [0.2, 0.25) is 10.0 Å². The fourth-order valence-electron chi connectivity index (χ4n) is 2.32. The molecular formula is C12H18N2O4S2. The van der Waals surface area contributed by atoms with Gasteiger partial charge in [-0.25, -0.2) is 17.9 Å². The number of hydrogen-bond acceptors (Lipinski definition) is 6. The van der Waals surface area contributed by atoms with E-state index in [2.05, 4.69) is 9.46 Å². The minimum atomic E-state index is -3.76. The second-order valence-corrected chi connectivity index (χ2v) is 7.38. The molecule has 1 aliphatic rings. The number of sulfonamides is 1. The second-order valence-electron chi connectivity index (χ2n) is 4.78. The highest BCUT2D eigenvalue weighted by molar-refractivity contribution is 7.89. The molecule has 0 aromatic carbocycles. The molecule has 0 aliphatic heterocycles. The van der Waals surface area contributed by atoms with Crippen molar-refractivity contribution in [2.45, 2.75) is 42.7 Å². The van der Waals surface area contributed by atoms with Crippen LogP contribution in [0.25, 0.3) is 0 Å². The third-order valence-corrected chi connectivity index (χ3v) is 5.97. The third-order valence-electron chi connectivity index (χ3n) is 3.42. The minimum Gasteiger partial charge on any atom is -0.465 e. The Labute approximate surface area is 122 Å². The molecule has 3 N–H and O–H groups in total. The molecule has 1 saturated carbocycles. The van der Waals surface area contributed by atoms with Gasteiger partial charge in [0.1, 0.15) is 9.77 Å². The van der Waals surface area contributed by atoms with Crippen molar-refractivity contribution in [3.63, 3.8) is 0 Å². The van der Waals surface area contributed by atoms with Crippen LogP contribution >= 0.6 is 11.3 Å². The van der Waals surface area contributed by atoms with Gasteiger partial charge in [-0.15, -0.1) is 11.3 Å². The first-order valence-corrected chi connectivity index (χ1v) is 8.75. The highest BCUT2D eigenvalue weighted by Gasteiger charge is 2.30. The molecule has 2 rings (SSSR count). The summed E-state index contributed by atoms with van der Waals surface area (Å²) in [4.78, 5) is 11.6. The van der Waals surface area contributed by atoms with Crippen molar-refractivity contribution in [3.8, 4) is 0 Å². The van der Waals surface area contributed by atoms with Crippen molar-refractivity contribution in [3.05, 3.63) is 16.3 Å². The molecular weight excluding hydrogens is 300 g/mol. The lowest BCUT2D eigenvalue weighted by Crippen LogP contribution is -2.49. The van der Waals surface area contributed by atoms with Crippen LogP contribution in [0.2, 0.25) is 0 Å². The van der Waals surface area contributed by atoms with Gasteiger partial charge >= 0.3 is 5.97 Å². The molecule has 1 aliphatic carbocycles. The minimum absolute atomic E-state index is 0.0351. The zero-order valence-electron chi connectivity index (χ0n) is 11.2. The fourth-order valence-corrected chi connectivity index (χ4v) is 4.98. The highest BCUT2D eigenvalue weighted by atomic mass is 32.2. The van der Waals surface area contributed by atoms with Gasteiger partial charge in [0.25, 0.3) is 0 Å². The van der Waals surface area contributed by atoms with E-state index in [1.807, 2.05) is 0 Å². The van der Waals surface area contributed by atoms with E-state index in [0.29, 0.717) is 0 Å². The first-order valence-electron chi connectivity index (χ1n) is 6.39. The van der Waals surface area contributed by atoms with Gasteiger partial charge in [0.05, 0.1) is 7.11 Å². The Morgan fingerprint density at radius 2 is 2.15 bits per heavy atom. The molecule has 1 fully saturated rings. The van der Waals surface area contributed by atoms with Crippen molar-refractivity contribution in [1.82, 2.24) is 4.72 Å². The molecule has 1 aromatic rings. The summed E-state index contributed by atoms with van der Waals surface area (Å²) < 4.78 is 32.0. The zero-order chi connectivity index (χ0) is 14.8. The molecule has 0 amide bonds. The summed E-state index contributed by atoms with van der Waals surface area (Å²) in [7, 11) is -2.53. The van der Waals surface area contributed by atoms with Crippen molar-refractivity contribution >= 4 is 27.3 Å². The highest BCUT2D eigenvalue weighted by Crippen LogP contribution is 2.25. The smallest absolute Gasteiger partial charge is 0.349 e. The Kier molecular flexibility index (Phi) is 4.79. The quantitative estimate of drug-likeness (QED) is 0.810. The Hall–Kier alpha value is -0.960. The summed E-state index contributed by atoms with van der Waals surface area (Å²) in [6.07, 6.45) is 3.50.